The molecule has 7 nitrogen and oxygen atoms in total. The van der Waals surface area contributed by atoms with E-state index in [1.807, 2.05) is 20.8 Å². The molecule has 0 aliphatic heterocycles. The summed E-state index contributed by atoms with van der Waals surface area (Å²) in [7, 11) is -4.48. The Morgan fingerprint density at radius 1 is 0.871 bits per heavy atom. The first-order chi connectivity index (χ1) is 14.2. The summed E-state index contributed by atoms with van der Waals surface area (Å²) in [5, 5.41) is 0. The topological polar surface area (TPSA) is 104 Å². The number of amides is 2. The number of hydrazine groups is 1. The highest BCUT2D eigenvalue weighted by Crippen LogP contribution is 2.22. The molecule has 2 amide bonds. The van der Waals surface area contributed by atoms with E-state index in [1.54, 1.807) is 24.3 Å². The summed E-state index contributed by atoms with van der Waals surface area (Å²) in [6, 6.07) is 11.2. The number of nitrogens with one attached hydrogen (secondary N) is 3. The maximum absolute atomic E-state index is 12.3. The second-order valence-electron chi connectivity index (χ2n) is 7.70. The van der Waals surface area contributed by atoms with Crippen LogP contribution in [-0.4, -0.2) is 33.0 Å². The average molecular weight is 457 g/mol. The van der Waals surface area contributed by atoms with Crippen molar-refractivity contribution in [1.29, 1.82) is 0 Å². The molecule has 168 valence electrons. The van der Waals surface area contributed by atoms with Gasteiger partial charge in [0.1, 0.15) is 6.54 Å². The Bertz CT molecular complexity index is 1060. The minimum absolute atomic E-state index is 0.0937. The van der Waals surface area contributed by atoms with Gasteiger partial charge in [-0.25, -0.2) is 13.1 Å². The van der Waals surface area contributed by atoms with Crippen LogP contribution >= 0.6 is 0 Å². The molecule has 31 heavy (non-hydrogen) atoms. The lowest BCUT2D eigenvalue weighted by atomic mass is 9.87. The molecular formula is C20H22F3N3O4S. The molecule has 0 spiro atoms. The Balaban J connectivity index is 2.04. The highest BCUT2D eigenvalue weighted by Gasteiger charge is 2.30. The van der Waals surface area contributed by atoms with Crippen LogP contribution in [0.2, 0.25) is 0 Å². The number of carbonyl (C=O) groups is 2. The lowest BCUT2D eigenvalue weighted by Gasteiger charge is -2.19. The fraction of sp³-hybridized carbons (Fsp3) is 0.300. The Labute approximate surface area is 178 Å². The first-order valence-corrected chi connectivity index (χ1v) is 10.5. The van der Waals surface area contributed by atoms with Crippen LogP contribution in [0.1, 0.15) is 47.1 Å². The smallest absolute Gasteiger partial charge is 0.267 e. The standard InChI is InChI=1S/C20H22F3N3O4S/c1-19(2,3)15-9-7-13(8-10-15)17(27)25-26-18(28)14-5-4-6-16(11-14)31(29,30)24-12-20(21,22)23/h4-11,24H,12H2,1-3H3,(H,25,27)(H,26,28). The molecule has 0 heterocycles. The third-order valence-corrected chi connectivity index (χ3v) is 5.57. The number of halogens is 3. The number of carbonyl (C=O) groups excluding carboxylic acids is 2. The Hall–Kier alpha value is -2.92. The molecule has 0 bridgehead atoms. The van der Waals surface area contributed by atoms with Crippen molar-refractivity contribution in [3.05, 3.63) is 65.2 Å². The number of hydrogen-bond acceptors (Lipinski definition) is 4. The van der Waals surface area contributed by atoms with Gasteiger partial charge < -0.3 is 0 Å². The lowest BCUT2D eigenvalue weighted by Crippen LogP contribution is -2.41. The molecule has 0 fully saturated rings. The Morgan fingerprint density at radius 3 is 1.94 bits per heavy atom. The normalized spacial score (nSPS) is 12.3. The molecule has 0 aliphatic rings. The van der Waals surface area contributed by atoms with Crippen LogP contribution in [-0.2, 0) is 15.4 Å². The van der Waals surface area contributed by atoms with Gasteiger partial charge in [-0.2, -0.15) is 13.2 Å². The summed E-state index contributed by atoms with van der Waals surface area (Å²) in [6.45, 7) is 4.33. The average Bonchev–Trinajstić information content (AvgIpc) is 2.69. The van der Waals surface area contributed by atoms with Gasteiger partial charge in [0.2, 0.25) is 10.0 Å². The molecule has 0 unspecified atom stereocenters. The fourth-order valence-electron chi connectivity index (χ4n) is 2.44. The highest BCUT2D eigenvalue weighted by atomic mass is 32.2. The van der Waals surface area contributed by atoms with Crippen molar-refractivity contribution in [1.82, 2.24) is 15.6 Å². The van der Waals surface area contributed by atoms with E-state index in [0.717, 1.165) is 17.7 Å². The van der Waals surface area contributed by atoms with Gasteiger partial charge in [0.25, 0.3) is 11.8 Å². The molecule has 2 rings (SSSR count). The minimum atomic E-state index is -4.72. The van der Waals surface area contributed by atoms with E-state index in [1.165, 1.54) is 16.9 Å². The third-order valence-electron chi connectivity index (χ3n) is 4.17. The van der Waals surface area contributed by atoms with Crippen molar-refractivity contribution >= 4 is 21.8 Å². The van der Waals surface area contributed by atoms with E-state index in [4.69, 9.17) is 0 Å². The minimum Gasteiger partial charge on any atom is -0.267 e. The van der Waals surface area contributed by atoms with Gasteiger partial charge in [-0.05, 0) is 41.3 Å². The highest BCUT2D eigenvalue weighted by molar-refractivity contribution is 7.89. The quantitative estimate of drug-likeness (QED) is 0.601. The molecule has 2 aromatic rings. The summed E-state index contributed by atoms with van der Waals surface area (Å²) >= 11 is 0. The molecule has 0 saturated heterocycles. The summed E-state index contributed by atoms with van der Waals surface area (Å²) in [6.07, 6.45) is -4.72. The van der Waals surface area contributed by atoms with Gasteiger partial charge in [-0.3, -0.25) is 20.4 Å². The number of rotatable bonds is 5. The van der Waals surface area contributed by atoms with Gasteiger partial charge in [-0.1, -0.05) is 39.0 Å². The molecule has 0 radical (unpaired) electrons. The van der Waals surface area contributed by atoms with Gasteiger partial charge in [0, 0.05) is 11.1 Å². The predicted molar refractivity (Wildman–Crippen MR) is 108 cm³/mol. The van der Waals surface area contributed by atoms with E-state index in [9.17, 15) is 31.2 Å². The summed E-state index contributed by atoms with van der Waals surface area (Å²) in [5.41, 5.74) is 5.40. The van der Waals surface area contributed by atoms with Crippen LogP contribution < -0.4 is 15.6 Å². The second-order valence-corrected chi connectivity index (χ2v) is 9.47. The summed E-state index contributed by atoms with van der Waals surface area (Å²) < 4.78 is 62.2. The first kappa shape index (κ1) is 24.4. The van der Waals surface area contributed by atoms with Gasteiger partial charge >= 0.3 is 6.18 Å². The van der Waals surface area contributed by atoms with Crippen LogP contribution in [0, 0.1) is 0 Å². The zero-order chi connectivity index (χ0) is 23.4. The van der Waals surface area contributed by atoms with Crippen molar-refractivity contribution in [3.63, 3.8) is 0 Å². The summed E-state index contributed by atoms with van der Waals surface area (Å²) in [4.78, 5) is 23.9. The summed E-state index contributed by atoms with van der Waals surface area (Å²) in [5.74, 6) is -1.43. The van der Waals surface area contributed by atoms with Crippen LogP contribution in [0.15, 0.2) is 53.4 Å². The maximum Gasteiger partial charge on any atom is 0.402 e. The SMILES string of the molecule is CC(C)(C)c1ccc(C(=O)NNC(=O)c2cccc(S(=O)(=O)NCC(F)(F)F)c2)cc1. The number of sulfonamides is 1. The fourth-order valence-corrected chi connectivity index (χ4v) is 3.50. The number of benzene rings is 2. The lowest BCUT2D eigenvalue weighted by molar-refractivity contribution is -0.121. The van der Waals surface area contributed by atoms with Crippen molar-refractivity contribution in [3.8, 4) is 0 Å². The second kappa shape index (κ2) is 9.06. The predicted octanol–water partition coefficient (Wildman–Crippen LogP) is 2.90. The number of hydrogen-bond donors (Lipinski definition) is 3. The zero-order valence-corrected chi connectivity index (χ0v) is 17.8. The van der Waals surface area contributed by atoms with Crippen molar-refractivity contribution < 1.29 is 31.2 Å². The first-order valence-electron chi connectivity index (χ1n) is 9.07. The largest absolute Gasteiger partial charge is 0.402 e. The van der Waals surface area contributed by atoms with E-state index < -0.39 is 39.5 Å². The van der Waals surface area contributed by atoms with E-state index in [0.29, 0.717) is 5.56 Å². The van der Waals surface area contributed by atoms with E-state index in [-0.39, 0.29) is 11.0 Å². The van der Waals surface area contributed by atoms with Gasteiger partial charge in [0.05, 0.1) is 4.90 Å². The molecule has 3 N–H and O–H groups in total. The Kier molecular flexibility index (Phi) is 7.12. The van der Waals surface area contributed by atoms with Gasteiger partial charge in [-0.15, -0.1) is 0 Å². The molecule has 0 aliphatic carbocycles. The van der Waals surface area contributed by atoms with Crippen LogP contribution in [0.3, 0.4) is 0 Å². The molecule has 11 heteroatoms. The van der Waals surface area contributed by atoms with Crippen molar-refractivity contribution in [2.75, 3.05) is 6.54 Å². The zero-order valence-electron chi connectivity index (χ0n) is 17.0. The van der Waals surface area contributed by atoms with E-state index in [2.05, 4.69) is 10.9 Å². The molecule has 2 aromatic carbocycles. The molecule has 0 aromatic heterocycles. The van der Waals surface area contributed by atoms with Crippen LogP contribution in [0.25, 0.3) is 0 Å². The Morgan fingerprint density at radius 2 is 1.42 bits per heavy atom. The third kappa shape index (κ3) is 7.07. The van der Waals surface area contributed by atoms with E-state index >= 15 is 0 Å². The molecule has 0 saturated carbocycles. The number of alkyl halides is 3. The molecular weight excluding hydrogens is 435 g/mol. The monoisotopic (exact) mass is 457 g/mol. The van der Waals surface area contributed by atoms with Crippen molar-refractivity contribution in [2.45, 2.75) is 37.3 Å². The van der Waals surface area contributed by atoms with Crippen LogP contribution in [0.5, 0.6) is 0 Å². The van der Waals surface area contributed by atoms with Crippen molar-refractivity contribution in [2.24, 2.45) is 0 Å². The molecule has 0 atom stereocenters. The van der Waals surface area contributed by atoms with Gasteiger partial charge in [0.15, 0.2) is 0 Å². The maximum atomic E-state index is 12.3. The van der Waals surface area contributed by atoms with Crippen LogP contribution in [0.4, 0.5) is 13.2 Å².